The standard InChI is InChI=1S/C13H17ClN4O2S/c1-10(9-18-6-2-5-16-18)17-21(19,20)12-4-3-11(8-15)13(14)7-12/h2-7,10,17H,8-9,15H2,1H3. The van der Waals surface area contributed by atoms with E-state index in [2.05, 4.69) is 9.82 Å². The number of hydrogen-bond acceptors (Lipinski definition) is 4. The summed E-state index contributed by atoms with van der Waals surface area (Å²) in [7, 11) is -3.63. The second kappa shape index (κ2) is 6.57. The molecule has 3 N–H and O–H groups in total. The molecule has 1 aromatic carbocycles. The van der Waals surface area contributed by atoms with E-state index in [9.17, 15) is 8.42 Å². The van der Waals surface area contributed by atoms with Crippen molar-refractivity contribution in [3.8, 4) is 0 Å². The van der Waals surface area contributed by atoms with Gasteiger partial charge in [-0.15, -0.1) is 0 Å². The molecule has 1 heterocycles. The van der Waals surface area contributed by atoms with Gasteiger partial charge < -0.3 is 5.73 Å². The maximum atomic E-state index is 12.3. The Labute approximate surface area is 129 Å². The van der Waals surface area contributed by atoms with Crippen LogP contribution in [-0.4, -0.2) is 24.2 Å². The predicted octanol–water partition coefficient (Wildman–Crippen LogP) is 1.36. The molecule has 0 saturated heterocycles. The van der Waals surface area contributed by atoms with Gasteiger partial charge in [0.25, 0.3) is 0 Å². The Kier molecular flexibility index (Phi) is 5.00. The van der Waals surface area contributed by atoms with E-state index in [4.69, 9.17) is 17.3 Å². The molecular formula is C13H17ClN4O2S. The zero-order valence-electron chi connectivity index (χ0n) is 11.5. The monoisotopic (exact) mass is 328 g/mol. The molecule has 2 rings (SSSR count). The first-order chi connectivity index (χ1) is 9.92. The summed E-state index contributed by atoms with van der Waals surface area (Å²) in [5.74, 6) is 0. The van der Waals surface area contributed by atoms with Gasteiger partial charge in [-0.05, 0) is 30.7 Å². The van der Waals surface area contributed by atoms with E-state index in [-0.39, 0.29) is 17.5 Å². The lowest BCUT2D eigenvalue weighted by Gasteiger charge is -2.15. The first-order valence-corrected chi connectivity index (χ1v) is 8.27. The van der Waals surface area contributed by atoms with Crippen LogP contribution in [0.1, 0.15) is 12.5 Å². The second-order valence-electron chi connectivity index (χ2n) is 4.71. The fourth-order valence-electron chi connectivity index (χ4n) is 1.92. The summed E-state index contributed by atoms with van der Waals surface area (Å²) in [6.07, 6.45) is 3.42. The molecule has 1 unspecified atom stereocenters. The van der Waals surface area contributed by atoms with Crippen molar-refractivity contribution in [3.63, 3.8) is 0 Å². The van der Waals surface area contributed by atoms with Crippen molar-refractivity contribution in [2.75, 3.05) is 0 Å². The van der Waals surface area contributed by atoms with Crippen LogP contribution in [0.5, 0.6) is 0 Å². The van der Waals surface area contributed by atoms with Crippen molar-refractivity contribution in [1.29, 1.82) is 0 Å². The number of hydrogen-bond donors (Lipinski definition) is 2. The molecule has 8 heteroatoms. The Morgan fingerprint density at radius 2 is 2.24 bits per heavy atom. The zero-order valence-corrected chi connectivity index (χ0v) is 13.1. The molecule has 21 heavy (non-hydrogen) atoms. The topological polar surface area (TPSA) is 90.0 Å². The lowest BCUT2D eigenvalue weighted by Crippen LogP contribution is -2.35. The van der Waals surface area contributed by atoms with Crippen LogP contribution in [0.4, 0.5) is 0 Å². The average molecular weight is 329 g/mol. The van der Waals surface area contributed by atoms with E-state index in [1.165, 1.54) is 12.1 Å². The normalized spacial score (nSPS) is 13.3. The Bertz CT molecular complexity index is 701. The molecule has 0 bridgehead atoms. The molecule has 0 aliphatic carbocycles. The van der Waals surface area contributed by atoms with Gasteiger partial charge >= 0.3 is 0 Å². The number of halogens is 1. The first kappa shape index (κ1) is 16.0. The number of nitrogens with two attached hydrogens (primary N) is 1. The highest BCUT2D eigenvalue weighted by Gasteiger charge is 2.18. The van der Waals surface area contributed by atoms with Gasteiger partial charge in [0.2, 0.25) is 10.0 Å². The van der Waals surface area contributed by atoms with Crippen LogP contribution in [0.3, 0.4) is 0 Å². The third-order valence-corrected chi connectivity index (χ3v) is 4.87. The Morgan fingerprint density at radius 3 is 2.81 bits per heavy atom. The molecule has 0 fully saturated rings. The van der Waals surface area contributed by atoms with Crippen LogP contribution >= 0.6 is 11.6 Å². The molecule has 114 valence electrons. The van der Waals surface area contributed by atoms with Gasteiger partial charge in [-0.2, -0.15) is 5.10 Å². The van der Waals surface area contributed by atoms with Gasteiger partial charge in [-0.3, -0.25) is 4.68 Å². The lowest BCUT2D eigenvalue weighted by molar-refractivity contribution is 0.494. The fraction of sp³-hybridized carbons (Fsp3) is 0.308. The maximum absolute atomic E-state index is 12.3. The molecule has 0 saturated carbocycles. The summed E-state index contributed by atoms with van der Waals surface area (Å²) < 4.78 is 28.8. The van der Waals surface area contributed by atoms with E-state index in [0.717, 1.165) is 0 Å². The van der Waals surface area contributed by atoms with Gasteiger partial charge in [-0.25, -0.2) is 13.1 Å². The molecule has 6 nitrogen and oxygen atoms in total. The summed E-state index contributed by atoms with van der Waals surface area (Å²) in [6.45, 7) is 2.48. The minimum atomic E-state index is -3.63. The number of sulfonamides is 1. The van der Waals surface area contributed by atoms with Crippen LogP contribution in [0.15, 0.2) is 41.6 Å². The van der Waals surface area contributed by atoms with Crippen LogP contribution < -0.4 is 10.5 Å². The summed E-state index contributed by atoms with van der Waals surface area (Å²) in [5, 5.41) is 4.39. The fourth-order valence-corrected chi connectivity index (χ4v) is 3.50. The maximum Gasteiger partial charge on any atom is 0.240 e. The highest BCUT2D eigenvalue weighted by molar-refractivity contribution is 7.89. The number of nitrogens with one attached hydrogen (secondary N) is 1. The minimum Gasteiger partial charge on any atom is -0.326 e. The molecule has 0 amide bonds. The van der Waals surface area contributed by atoms with E-state index < -0.39 is 10.0 Å². The SMILES string of the molecule is CC(Cn1cccn1)NS(=O)(=O)c1ccc(CN)c(Cl)c1. The van der Waals surface area contributed by atoms with Crippen LogP contribution in [0, 0.1) is 0 Å². The van der Waals surface area contributed by atoms with Gasteiger partial charge in [0.15, 0.2) is 0 Å². The van der Waals surface area contributed by atoms with Crippen molar-refractivity contribution in [3.05, 3.63) is 47.2 Å². The van der Waals surface area contributed by atoms with Gasteiger partial charge in [0.05, 0.1) is 11.4 Å². The molecule has 0 aliphatic rings. The highest BCUT2D eigenvalue weighted by Crippen LogP contribution is 2.20. The second-order valence-corrected chi connectivity index (χ2v) is 6.83. The Balaban J connectivity index is 2.12. The summed E-state index contributed by atoms with van der Waals surface area (Å²) >= 11 is 6.00. The smallest absolute Gasteiger partial charge is 0.240 e. The van der Waals surface area contributed by atoms with Gasteiger partial charge in [0, 0.05) is 30.0 Å². The molecule has 1 atom stereocenters. The number of rotatable bonds is 6. The molecule has 2 aromatic rings. The number of benzene rings is 1. The zero-order chi connectivity index (χ0) is 15.5. The molecule has 1 aromatic heterocycles. The van der Waals surface area contributed by atoms with Crippen LogP contribution in [0.2, 0.25) is 5.02 Å². The highest BCUT2D eigenvalue weighted by atomic mass is 35.5. The van der Waals surface area contributed by atoms with E-state index >= 15 is 0 Å². The summed E-state index contributed by atoms with van der Waals surface area (Å²) in [5.41, 5.74) is 6.22. The van der Waals surface area contributed by atoms with Crippen molar-refractivity contribution in [2.24, 2.45) is 5.73 Å². The average Bonchev–Trinajstić information content (AvgIpc) is 2.90. The predicted molar refractivity (Wildman–Crippen MR) is 81.4 cm³/mol. The van der Waals surface area contributed by atoms with E-state index in [1.807, 2.05) is 0 Å². The summed E-state index contributed by atoms with van der Waals surface area (Å²) in [4.78, 5) is 0.122. The molecular weight excluding hydrogens is 312 g/mol. The number of aromatic nitrogens is 2. The third-order valence-electron chi connectivity index (χ3n) is 2.93. The molecule has 0 radical (unpaired) electrons. The first-order valence-electron chi connectivity index (χ1n) is 6.40. The van der Waals surface area contributed by atoms with E-state index in [0.29, 0.717) is 17.1 Å². The molecule has 0 spiro atoms. The van der Waals surface area contributed by atoms with Gasteiger partial charge in [0.1, 0.15) is 0 Å². The van der Waals surface area contributed by atoms with Crippen LogP contribution in [0.25, 0.3) is 0 Å². The van der Waals surface area contributed by atoms with Crippen molar-refractivity contribution < 1.29 is 8.42 Å². The van der Waals surface area contributed by atoms with Gasteiger partial charge in [-0.1, -0.05) is 17.7 Å². The third kappa shape index (κ3) is 4.04. The van der Waals surface area contributed by atoms with Crippen molar-refractivity contribution >= 4 is 21.6 Å². The summed E-state index contributed by atoms with van der Waals surface area (Å²) in [6, 6.07) is 6.01. The lowest BCUT2D eigenvalue weighted by atomic mass is 10.2. The van der Waals surface area contributed by atoms with Crippen molar-refractivity contribution in [2.45, 2.75) is 31.0 Å². The minimum absolute atomic E-state index is 0.122. The Morgan fingerprint density at radius 1 is 1.48 bits per heavy atom. The number of nitrogens with zero attached hydrogens (tertiary/aromatic N) is 2. The molecule has 0 aliphatic heterocycles. The Hall–Kier alpha value is -1.41. The van der Waals surface area contributed by atoms with Crippen molar-refractivity contribution in [1.82, 2.24) is 14.5 Å². The quantitative estimate of drug-likeness (QED) is 0.837. The largest absolute Gasteiger partial charge is 0.326 e. The van der Waals surface area contributed by atoms with E-state index in [1.54, 1.807) is 36.1 Å². The van der Waals surface area contributed by atoms with Crippen LogP contribution in [-0.2, 0) is 23.1 Å².